The molecule has 1 aromatic rings. The van der Waals surface area contributed by atoms with Crippen LogP contribution in [0.25, 0.3) is 0 Å². The summed E-state index contributed by atoms with van der Waals surface area (Å²) in [5, 5.41) is 0. The number of amides is 1. The molecular weight excluding hydrogens is 252 g/mol. The molecule has 0 aliphatic carbocycles. The summed E-state index contributed by atoms with van der Waals surface area (Å²) in [4.78, 5) is 20.6. The number of carbonyl (C=O) groups excluding carboxylic acids is 1. The molecule has 1 saturated heterocycles. The lowest BCUT2D eigenvalue weighted by Crippen LogP contribution is -2.57. The maximum absolute atomic E-state index is 12.3. The number of nitrogens with two attached hydrogens (primary N) is 1. The van der Waals surface area contributed by atoms with Crippen LogP contribution in [0, 0.1) is 0 Å². The zero-order chi connectivity index (χ0) is 14.6. The van der Waals surface area contributed by atoms with Crippen LogP contribution in [0.3, 0.4) is 0 Å². The predicted octanol–water partition coefficient (Wildman–Crippen LogP) is 0.853. The van der Waals surface area contributed by atoms with Gasteiger partial charge < -0.3 is 10.6 Å². The van der Waals surface area contributed by atoms with Crippen LogP contribution in [0.4, 0.5) is 0 Å². The third kappa shape index (κ3) is 3.55. The van der Waals surface area contributed by atoms with Crippen LogP contribution in [0.15, 0.2) is 24.5 Å². The van der Waals surface area contributed by atoms with Crippen LogP contribution in [-0.4, -0.2) is 52.4 Å². The van der Waals surface area contributed by atoms with Crippen LogP contribution < -0.4 is 5.73 Å². The van der Waals surface area contributed by atoms with Gasteiger partial charge in [-0.1, -0.05) is 6.92 Å². The molecule has 2 N–H and O–H groups in total. The Labute approximate surface area is 120 Å². The molecule has 1 unspecified atom stereocenters. The van der Waals surface area contributed by atoms with E-state index in [0.717, 1.165) is 32.7 Å². The van der Waals surface area contributed by atoms with Crippen molar-refractivity contribution >= 4 is 5.91 Å². The lowest BCUT2D eigenvalue weighted by molar-refractivity contribution is -0.138. The molecule has 2 heterocycles. The fourth-order valence-corrected chi connectivity index (χ4v) is 2.37. The Balaban J connectivity index is 1.85. The fraction of sp³-hybridized carbons (Fsp3) is 0.600. The Morgan fingerprint density at radius 2 is 1.90 bits per heavy atom. The molecule has 5 nitrogen and oxygen atoms in total. The Kier molecular flexibility index (Phi) is 4.73. The van der Waals surface area contributed by atoms with Gasteiger partial charge in [0.1, 0.15) is 0 Å². The summed E-state index contributed by atoms with van der Waals surface area (Å²) < 4.78 is 0. The maximum Gasteiger partial charge on any atom is 0.242 e. The molecule has 1 atom stereocenters. The molecule has 0 spiro atoms. The molecule has 0 aromatic carbocycles. The highest BCUT2D eigenvalue weighted by atomic mass is 16.2. The highest BCUT2D eigenvalue weighted by Crippen LogP contribution is 2.13. The van der Waals surface area contributed by atoms with E-state index in [0.29, 0.717) is 6.42 Å². The second-order valence-corrected chi connectivity index (χ2v) is 5.69. The number of rotatable bonds is 4. The summed E-state index contributed by atoms with van der Waals surface area (Å²) in [6.07, 6.45) is 4.30. The molecule has 5 heteroatoms. The van der Waals surface area contributed by atoms with Crippen LogP contribution >= 0.6 is 0 Å². The van der Waals surface area contributed by atoms with E-state index in [1.807, 2.05) is 43.3 Å². The summed E-state index contributed by atoms with van der Waals surface area (Å²) >= 11 is 0. The largest absolute Gasteiger partial charge is 0.339 e. The van der Waals surface area contributed by atoms with E-state index in [-0.39, 0.29) is 5.91 Å². The lowest BCUT2D eigenvalue weighted by Gasteiger charge is -2.38. The number of pyridine rings is 1. The van der Waals surface area contributed by atoms with Crippen molar-refractivity contribution in [3.05, 3.63) is 30.1 Å². The van der Waals surface area contributed by atoms with Crippen molar-refractivity contribution < 1.29 is 4.79 Å². The third-order valence-corrected chi connectivity index (χ3v) is 4.04. The van der Waals surface area contributed by atoms with Gasteiger partial charge in [0.25, 0.3) is 0 Å². The first-order valence-corrected chi connectivity index (χ1v) is 7.22. The summed E-state index contributed by atoms with van der Waals surface area (Å²) in [6, 6.07) is 4.07. The van der Waals surface area contributed by atoms with E-state index in [2.05, 4.69) is 9.88 Å². The van der Waals surface area contributed by atoms with E-state index in [1.54, 1.807) is 0 Å². The van der Waals surface area contributed by atoms with Gasteiger partial charge >= 0.3 is 0 Å². The average molecular weight is 276 g/mol. The minimum Gasteiger partial charge on any atom is -0.339 e. The second-order valence-electron chi connectivity index (χ2n) is 5.69. The monoisotopic (exact) mass is 276 g/mol. The second kappa shape index (κ2) is 6.33. The minimum atomic E-state index is -0.729. The molecule has 0 bridgehead atoms. The highest BCUT2D eigenvalue weighted by molar-refractivity contribution is 5.85. The number of piperazine rings is 1. The maximum atomic E-state index is 12.3. The van der Waals surface area contributed by atoms with Gasteiger partial charge in [-0.2, -0.15) is 0 Å². The summed E-state index contributed by atoms with van der Waals surface area (Å²) in [6.45, 7) is 8.00. The van der Waals surface area contributed by atoms with Crippen LogP contribution in [-0.2, 0) is 11.3 Å². The summed E-state index contributed by atoms with van der Waals surface area (Å²) in [5.41, 5.74) is 6.57. The number of hydrogen-bond donors (Lipinski definition) is 1. The molecule has 1 aliphatic rings. The standard InChI is InChI=1S/C15H24N4O/c1-3-15(2,16)14(20)19-10-8-18(9-11-19)12-13-4-6-17-7-5-13/h4-7H,3,8-12,16H2,1-2H3. The number of aromatic nitrogens is 1. The zero-order valence-corrected chi connectivity index (χ0v) is 12.4. The first-order chi connectivity index (χ1) is 9.53. The molecule has 2 rings (SSSR count). The Morgan fingerprint density at radius 3 is 2.45 bits per heavy atom. The van der Waals surface area contributed by atoms with Crippen LogP contribution in [0.5, 0.6) is 0 Å². The van der Waals surface area contributed by atoms with E-state index in [4.69, 9.17) is 5.73 Å². The summed E-state index contributed by atoms with van der Waals surface area (Å²) in [7, 11) is 0. The van der Waals surface area contributed by atoms with Crippen molar-refractivity contribution in [1.29, 1.82) is 0 Å². The van der Waals surface area contributed by atoms with Crippen molar-refractivity contribution in [2.75, 3.05) is 26.2 Å². The quantitative estimate of drug-likeness (QED) is 0.886. The third-order valence-electron chi connectivity index (χ3n) is 4.04. The molecule has 20 heavy (non-hydrogen) atoms. The fourth-order valence-electron chi connectivity index (χ4n) is 2.37. The number of carbonyl (C=O) groups is 1. The highest BCUT2D eigenvalue weighted by Gasteiger charge is 2.32. The normalized spacial score (nSPS) is 19.6. The number of hydrogen-bond acceptors (Lipinski definition) is 4. The van der Waals surface area contributed by atoms with E-state index in [1.165, 1.54) is 5.56 Å². The van der Waals surface area contributed by atoms with E-state index in [9.17, 15) is 4.79 Å². The van der Waals surface area contributed by atoms with Gasteiger partial charge in [-0.25, -0.2) is 0 Å². The molecule has 1 fully saturated rings. The Bertz CT molecular complexity index is 438. The Morgan fingerprint density at radius 1 is 1.30 bits per heavy atom. The van der Waals surface area contributed by atoms with Crippen molar-refractivity contribution in [2.24, 2.45) is 5.73 Å². The number of nitrogens with zero attached hydrogens (tertiary/aromatic N) is 3. The SMILES string of the molecule is CCC(C)(N)C(=O)N1CCN(Cc2ccncc2)CC1. The van der Waals surface area contributed by atoms with Gasteiger partial charge in [0.05, 0.1) is 5.54 Å². The van der Waals surface area contributed by atoms with Gasteiger partial charge in [0, 0.05) is 45.1 Å². The van der Waals surface area contributed by atoms with E-state index < -0.39 is 5.54 Å². The first-order valence-electron chi connectivity index (χ1n) is 7.22. The van der Waals surface area contributed by atoms with Crippen molar-refractivity contribution in [2.45, 2.75) is 32.4 Å². The van der Waals surface area contributed by atoms with Crippen molar-refractivity contribution in [1.82, 2.24) is 14.8 Å². The molecule has 1 aliphatic heterocycles. The van der Waals surface area contributed by atoms with Gasteiger partial charge in [0.15, 0.2) is 0 Å². The molecular formula is C15H24N4O. The van der Waals surface area contributed by atoms with Crippen LogP contribution in [0.2, 0.25) is 0 Å². The molecule has 0 saturated carbocycles. The van der Waals surface area contributed by atoms with Gasteiger partial charge in [-0.15, -0.1) is 0 Å². The van der Waals surface area contributed by atoms with Crippen molar-refractivity contribution in [3.8, 4) is 0 Å². The predicted molar refractivity (Wildman–Crippen MR) is 79.0 cm³/mol. The van der Waals surface area contributed by atoms with Gasteiger partial charge in [0.2, 0.25) is 5.91 Å². The Hall–Kier alpha value is -1.46. The molecule has 0 radical (unpaired) electrons. The molecule has 1 aromatic heterocycles. The summed E-state index contributed by atoms with van der Waals surface area (Å²) in [5.74, 6) is 0.0727. The van der Waals surface area contributed by atoms with Crippen LogP contribution in [0.1, 0.15) is 25.8 Å². The van der Waals surface area contributed by atoms with E-state index >= 15 is 0 Å². The minimum absolute atomic E-state index is 0.0727. The molecule has 110 valence electrons. The average Bonchev–Trinajstić information content (AvgIpc) is 2.48. The van der Waals surface area contributed by atoms with Crippen molar-refractivity contribution in [3.63, 3.8) is 0 Å². The molecule has 1 amide bonds. The topological polar surface area (TPSA) is 62.5 Å². The zero-order valence-electron chi connectivity index (χ0n) is 12.4. The van der Waals surface area contributed by atoms with Gasteiger partial charge in [-0.05, 0) is 31.0 Å². The first kappa shape index (κ1) is 14.9. The van der Waals surface area contributed by atoms with Gasteiger partial charge in [-0.3, -0.25) is 14.7 Å². The smallest absolute Gasteiger partial charge is 0.242 e. The lowest BCUT2D eigenvalue weighted by atomic mass is 9.98.